The molecule has 2 rings (SSSR count). The highest BCUT2D eigenvalue weighted by Gasteiger charge is 2.34. The fraction of sp³-hybridized carbons (Fsp3) is 0.214. The molecule has 0 spiro atoms. The molecule has 1 heterocycles. The Morgan fingerprint density at radius 3 is 2.83 bits per heavy atom. The lowest BCUT2D eigenvalue weighted by molar-refractivity contribution is -0.126. The molecule has 92 valence electrons. The number of carbonyl (C=O) groups excluding carboxylic acids is 1. The average Bonchev–Trinajstić information content (AvgIpc) is 2.36. The molecule has 1 aliphatic rings. The van der Waals surface area contributed by atoms with Crippen LogP contribution in [0.3, 0.4) is 0 Å². The van der Waals surface area contributed by atoms with Crippen LogP contribution in [0.2, 0.25) is 0 Å². The predicted octanol–water partition coefficient (Wildman–Crippen LogP) is 1.88. The number of aliphatic hydroxyl groups is 1. The van der Waals surface area contributed by atoms with Gasteiger partial charge in [-0.05, 0) is 17.7 Å². The van der Waals surface area contributed by atoms with Crippen LogP contribution >= 0.6 is 15.9 Å². The van der Waals surface area contributed by atoms with E-state index in [9.17, 15) is 9.90 Å². The zero-order chi connectivity index (χ0) is 13.1. The molecule has 4 heteroatoms. The van der Waals surface area contributed by atoms with Gasteiger partial charge >= 0.3 is 0 Å². The van der Waals surface area contributed by atoms with Crippen molar-refractivity contribution in [2.45, 2.75) is 12.1 Å². The van der Waals surface area contributed by atoms with Crippen LogP contribution in [0.4, 0.5) is 0 Å². The van der Waals surface area contributed by atoms with Crippen LogP contribution in [-0.4, -0.2) is 28.4 Å². The number of carbonyl (C=O) groups is 1. The molecule has 0 fully saturated rings. The number of nitrogens with zero attached hydrogens (tertiary/aromatic N) is 1. The van der Waals surface area contributed by atoms with Crippen molar-refractivity contribution in [2.75, 3.05) is 6.54 Å². The van der Waals surface area contributed by atoms with Crippen LogP contribution in [-0.2, 0) is 4.79 Å². The Morgan fingerprint density at radius 2 is 2.17 bits per heavy atom. The van der Waals surface area contributed by atoms with E-state index >= 15 is 0 Å². The maximum absolute atomic E-state index is 11.6. The van der Waals surface area contributed by atoms with E-state index in [1.54, 1.807) is 11.1 Å². The van der Waals surface area contributed by atoms with Crippen molar-refractivity contribution in [3.8, 4) is 12.3 Å². The van der Waals surface area contributed by atoms with Crippen LogP contribution in [0.1, 0.15) is 11.6 Å². The third-order valence-corrected chi connectivity index (χ3v) is 3.60. The van der Waals surface area contributed by atoms with Gasteiger partial charge in [0.05, 0.1) is 12.6 Å². The first-order valence-electron chi connectivity index (χ1n) is 5.49. The smallest absolute Gasteiger partial charge is 0.188 e. The molecule has 0 aliphatic carbocycles. The number of halogens is 1. The van der Waals surface area contributed by atoms with E-state index in [0.717, 1.165) is 10.0 Å². The molecule has 0 radical (unpaired) electrons. The van der Waals surface area contributed by atoms with Crippen LogP contribution < -0.4 is 0 Å². The zero-order valence-corrected chi connectivity index (χ0v) is 11.2. The standard InChI is InChI=1S/C14H12BrNO2/c1-2-8-16-9-7-12(17)14(18)13(16)10-5-3-4-6-11(10)15/h1,3-7,9,13-14,18H,8H2/t13-,14-/m1/s1. The van der Waals surface area contributed by atoms with Gasteiger partial charge in [-0.15, -0.1) is 6.42 Å². The van der Waals surface area contributed by atoms with Crippen LogP contribution in [0, 0.1) is 12.3 Å². The van der Waals surface area contributed by atoms with Crippen molar-refractivity contribution in [2.24, 2.45) is 0 Å². The maximum Gasteiger partial charge on any atom is 0.188 e. The summed E-state index contributed by atoms with van der Waals surface area (Å²) in [6, 6.07) is 7.04. The van der Waals surface area contributed by atoms with Gasteiger partial charge in [0, 0.05) is 10.7 Å². The van der Waals surface area contributed by atoms with Gasteiger partial charge in [-0.25, -0.2) is 0 Å². The van der Waals surface area contributed by atoms with Gasteiger partial charge < -0.3 is 10.0 Å². The lowest BCUT2D eigenvalue weighted by atomic mass is 9.94. The normalized spacial score (nSPS) is 22.9. The Balaban J connectivity index is 2.45. The topological polar surface area (TPSA) is 40.5 Å². The predicted molar refractivity (Wildman–Crippen MR) is 72.6 cm³/mol. The minimum Gasteiger partial charge on any atom is -0.382 e. The van der Waals surface area contributed by atoms with E-state index in [-0.39, 0.29) is 5.78 Å². The van der Waals surface area contributed by atoms with Crippen LogP contribution in [0.15, 0.2) is 41.0 Å². The third kappa shape index (κ3) is 2.33. The minimum atomic E-state index is -1.10. The number of rotatable bonds is 2. The van der Waals surface area contributed by atoms with Gasteiger partial charge in [-0.2, -0.15) is 0 Å². The molecular weight excluding hydrogens is 294 g/mol. The Bertz CT molecular complexity index is 533. The summed E-state index contributed by atoms with van der Waals surface area (Å²) in [7, 11) is 0. The quantitative estimate of drug-likeness (QED) is 0.848. The number of aliphatic hydroxyl groups excluding tert-OH is 1. The second-order valence-electron chi connectivity index (χ2n) is 4.01. The number of hydrogen-bond donors (Lipinski definition) is 1. The second-order valence-corrected chi connectivity index (χ2v) is 4.86. The van der Waals surface area contributed by atoms with Gasteiger partial charge in [0.1, 0.15) is 6.10 Å². The van der Waals surface area contributed by atoms with Crippen LogP contribution in [0.25, 0.3) is 0 Å². The molecule has 0 unspecified atom stereocenters. The summed E-state index contributed by atoms with van der Waals surface area (Å²) in [5, 5.41) is 10.1. The Hall–Kier alpha value is -1.57. The highest BCUT2D eigenvalue weighted by Crippen LogP contribution is 2.33. The van der Waals surface area contributed by atoms with Crippen molar-refractivity contribution in [3.05, 3.63) is 46.6 Å². The van der Waals surface area contributed by atoms with Gasteiger partial charge in [-0.3, -0.25) is 4.79 Å². The van der Waals surface area contributed by atoms with Gasteiger partial charge in [0.2, 0.25) is 0 Å². The Labute approximate surface area is 114 Å². The first-order chi connectivity index (χ1) is 8.65. The number of ketones is 1. The van der Waals surface area contributed by atoms with Crippen molar-refractivity contribution < 1.29 is 9.90 Å². The molecule has 0 saturated carbocycles. The highest BCUT2D eigenvalue weighted by atomic mass is 79.9. The zero-order valence-electron chi connectivity index (χ0n) is 9.58. The lowest BCUT2D eigenvalue weighted by Crippen LogP contribution is -2.41. The van der Waals surface area contributed by atoms with Crippen molar-refractivity contribution >= 4 is 21.7 Å². The number of hydrogen-bond acceptors (Lipinski definition) is 3. The van der Waals surface area contributed by atoms with Gasteiger partial charge in [0.15, 0.2) is 5.78 Å². The molecular formula is C14H12BrNO2. The molecule has 0 aromatic heterocycles. The molecule has 2 atom stereocenters. The second kappa shape index (κ2) is 5.38. The summed E-state index contributed by atoms with van der Waals surface area (Å²) in [5.41, 5.74) is 0.845. The fourth-order valence-corrected chi connectivity index (χ4v) is 2.54. The van der Waals surface area contributed by atoms with E-state index in [0.29, 0.717) is 6.54 Å². The molecule has 0 bridgehead atoms. The van der Waals surface area contributed by atoms with Gasteiger partial charge in [-0.1, -0.05) is 40.0 Å². The average molecular weight is 306 g/mol. The Kier molecular flexibility index (Phi) is 3.85. The minimum absolute atomic E-state index is 0.302. The molecule has 3 nitrogen and oxygen atoms in total. The van der Waals surface area contributed by atoms with E-state index in [1.165, 1.54) is 6.08 Å². The molecule has 0 amide bonds. The summed E-state index contributed by atoms with van der Waals surface area (Å²) in [6.45, 7) is 0.340. The number of terminal acetylenes is 1. The number of benzene rings is 1. The summed E-state index contributed by atoms with van der Waals surface area (Å²) >= 11 is 3.43. The van der Waals surface area contributed by atoms with Crippen LogP contribution in [0.5, 0.6) is 0 Å². The summed E-state index contributed by atoms with van der Waals surface area (Å²) in [5.74, 6) is 2.23. The maximum atomic E-state index is 11.6. The first-order valence-corrected chi connectivity index (χ1v) is 6.28. The molecule has 1 aromatic carbocycles. The molecule has 1 aromatic rings. The van der Waals surface area contributed by atoms with Crippen molar-refractivity contribution in [1.82, 2.24) is 4.90 Å². The third-order valence-electron chi connectivity index (χ3n) is 2.88. The monoisotopic (exact) mass is 305 g/mol. The highest BCUT2D eigenvalue weighted by molar-refractivity contribution is 9.10. The molecule has 1 N–H and O–H groups in total. The van der Waals surface area contributed by atoms with E-state index < -0.39 is 12.1 Å². The largest absolute Gasteiger partial charge is 0.382 e. The summed E-state index contributed by atoms with van der Waals surface area (Å²) in [4.78, 5) is 13.4. The summed E-state index contributed by atoms with van der Waals surface area (Å²) in [6.07, 6.45) is 7.21. The summed E-state index contributed by atoms with van der Waals surface area (Å²) < 4.78 is 0.846. The van der Waals surface area contributed by atoms with Gasteiger partial charge in [0.25, 0.3) is 0 Å². The van der Waals surface area contributed by atoms with Crippen molar-refractivity contribution in [3.63, 3.8) is 0 Å². The van der Waals surface area contributed by atoms with E-state index in [1.807, 2.05) is 24.3 Å². The Morgan fingerprint density at radius 1 is 1.44 bits per heavy atom. The van der Waals surface area contributed by atoms with Crippen molar-refractivity contribution in [1.29, 1.82) is 0 Å². The SMILES string of the molecule is C#CCN1C=CC(=O)[C@@H](O)[C@H]1c1ccccc1Br. The fourth-order valence-electron chi connectivity index (χ4n) is 2.02. The lowest BCUT2D eigenvalue weighted by Gasteiger charge is -2.35. The molecule has 1 aliphatic heterocycles. The molecule has 18 heavy (non-hydrogen) atoms. The first kappa shape index (κ1) is 12.9. The molecule has 0 saturated heterocycles. The van der Waals surface area contributed by atoms with E-state index in [2.05, 4.69) is 21.9 Å². The van der Waals surface area contributed by atoms with E-state index in [4.69, 9.17) is 6.42 Å².